The Morgan fingerprint density at radius 1 is 1.53 bits per heavy atom. The van der Waals surface area contributed by atoms with E-state index in [0.717, 1.165) is 10.6 Å². The van der Waals surface area contributed by atoms with Crippen molar-refractivity contribution in [3.05, 3.63) is 42.5 Å². The molecule has 1 rings (SSSR count). The zero-order chi connectivity index (χ0) is 11.1. The van der Waals surface area contributed by atoms with Crippen LogP contribution in [0, 0.1) is 0 Å². The van der Waals surface area contributed by atoms with E-state index in [9.17, 15) is 4.79 Å². The normalized spacial score (nSPS) is 9.67. The lowest BCUT2D eigenvalue weighted by Gasteiger charge is -2.05. The summed E-state index contributed by atoms with van der Waals surface area (Å²) < 4.78 is 4.70. The van der Waals surface area contributed by atoms with E-state index < -0.39 is 0 Å². The third-order valence-electron chi connectivity index (χ3n) is 1.63. The molecule has 0 unspecified atom stereocenters. The summed E-state index contributed by atoms with van der Waals surface area (Å²) >= 11 is 0. The zero-order valence-corrected chi connectivity index (χ0v) is 10.1. The summed E-state index contributed by atoms with van der Waals surface area (Å²) in [5.74, 6) is 0.553. The van der Waals surface area contributed by atoms with Gasteiger partial charge in [0.2, 0.25) is 0 Å². The van der Waals surface area contributed by atoms with Gasteiger partial charge in [-0.25, -0.2) is 4.79 Å². The van der Waals surface area contributed by atoms with Crippen LogP contribution in [0.5, 0.6) is 0 Å². The highest BCUT2D eigenvalue weighted by molar-refractivity contribution is 8.76. The van der Waals surface area contributed by atoms with Gasteiger partial charge in [0.25, 0.3) is 0 Å². The highest BCUT2D eigenvalue weighted by atomic mass is 33.1. The van der Waals surface area contributed by atoms with E-state index in [1.807, 2.05) is 24.3 Å². The molecule has 0 atom stereocenters. The molecule has 0 aromatic heterocycles. The molecule has 1 aromatic rings. The molecule has 0 bridgehead atoms. The molecule has 0 amide bonds. The first-order chi connectivity index (χ1) is 7.29. The van der Waals surface area contributed by atoms with Gasteiger partial charge in [-0.3, -0.25) is 0 Å². The Morgan fingerprint density at radius 2 is 2.27 bits per heavy atom. The third kappa shape index (κ3) is 3.64. The lowest BCUT2D eigenvalue weighted by molar-refractivity contribution is 0.0597. The minimum absolute atomic E-state index is 0.294. The van der Waals surface area contributed by atoms with Crippen LogP contribution < -0.4 is 0 Å². The maximum absolute atomic E-state index is 11.4. The third-order valence-corrected chi connectivity index (χ3v) is 3.95. The van der Waals surface area contributed by atoms with Gasteiger partial charge < -0.3 is 4.74 Å². The molecule has 0 aliphatic carbocycles. The lowest BCUT2D eigenvalue weighted by Crippen LogP contribution is -2.02. The van der Waals surface area contributed by atoms with E-state index in [0.29, 0.717) is 5.56 Å². The molecule has 15 heavy (non-hydrogen) atoms. The second-order valence-corrected chi connectivity index (χ2v) is 5.03. The maximum Gasteiger partial charge on any atom is 0.339 e. The van der Waals surface area contributed by atoms with Crippen molar-refractivity contribution in [1.82, 2.24) is 0 Å². The molecular formula is C11H12O2S2. The molecule has 80 valence electrons. The van der Waals surface area contributed by atoms with Crippen LogP contribution in [-0.4, -0.2) is 18.8 Å². The van der Waals surface area contributed by atoms with Gasteiger partial charge in [0.15, 0.2) is 0 Å². The first-order valence-electron chi connectivity index (χ1n) is 4.37. The largest absolute Gasteiger partial charge is 0.465 e. The van der Waals surface area contributed by atoms with E-state index in [-0.39, 0.29) is 5.97 Å². The average Bonchev–Trinajstić information content (AvgIpc) is 2.29. The summed E-state index contributed by atoms with van der Waals surface area (Å²) in [7, 11) is 4.59. The smallest absolute Gasteiger partial charge is 0.339 e. The summed E-state index contributed by atoms with van der Waals surface area (Å²) in [5.41, 5.74) is 0.613. The molecule has 4 heteroatoms. The SMILES string of the molecule is C=CCSSc1ccccc1C(=O)OC. The van der Waals surface area contributed by atoms with Crippen LogP contribution in [0.1, 0.15) is 10.4 Å². The first kappa shape index (κ1) is 12.2. The Morgan fingerprint density at radius 3 is 2.93 bits per heavy atom. The molecule has 0 saturated carbocycles. The zero-order valence-electron chi connectivity index (χ0n) is 8.43. The monoisotopic (exact) mass is 240 g/mol. The number of hydrogen-bond donors (Lipinski definition) is 0. The quantitative estimate of drug-likeness (QED) is 0.341. The highest BCUT2D eigenvalue weighted by Gasteiger charge is 2.10. The molecule has 0 saturated heterocycles. The number of methoxy groups -OCH3 is 1. The number of carbonyl (C=O) groups is 1. The van der Waals surface area contributed by atoms with Crippen LogP contribution in [0.2, 0.25) is 0 Å². The summed E-state index contributed by atoms with van der Waals surface area (Å²) in [4.78, 5) is 12.3. The van der Waals surface area contributed by atoms with Gasteiger partial charge in [0, 0.05) is 10.6 Å². The number of hydrogen-bond acceptors (Lipinski definition) is 4. The van der Waals surface area contributed by atoms with E-state index in [1.165, 1.54) is 7.11 Å². The standard InChI is InChI=1S/C11H12O2S2/c1-3-8-14-15-10-7-5-4-6-9(10)11(12)13-2/h3-7H,1,8H2,2H3. The van der Waals surface area contributed by atoms with Crippen molar-refractivity contribution in [2.75, 3.05) is 12.9 Å². The molecule has 0 radical (unpaired) electrons. The maximum atomic E-state index is 11.4. The van der Waals surface area contributed by atoms with E-state index in [4.69, 9.17) is 4.74 Å². The minimum Gasteiger partial charge on any atom is -0.465 e. The van der Waals surface area contributed by atoms with Gasteiger partial charge in [-0.05, 0) is 12.1 Å². The summed E-state index contributed by atoms with van der Waals surface area (Å²) in [6.45, 7) is 3.64. The Hall–Kier alpha value is -0.870. The predicted molar refractivity (Wildman–Crippen MR) is 66.3 cm³/mol. The van der Waals surface area contributed by atoms with Gasteiger partial charge in [0.05, 0.1) is 12.7 Å². The van der Waals surface area contributed by atoms with Crippen LogP contribution in [0.15, 0.2) is 41.8 Å². The summed E-state index contributed by atoms with van der Waals surface area (Å²) in [5, 5.41) is 0. The van der Waals surface area contributed by atoms with Gasteiger partial charge >= 0.3 is 5.97 Å². The van der Waals surface area contributed by atoms with Crippen LogP contribution >= 0.6 is 21.6 Å². The Labute approximate surface area is 97.5 Å². The molecule has 0 aliphatic rings. The molecule has 0 heterocycles. The topological polar surface area (TPSA) is 26.3 Å². The number of rotatable bonds is 5. The number of benzene rings is 1. The molecule has 0 aliphatic heterocycles. The molecule has 2 nitrogen and oxygen atoms in total. The van der Waals surface area contributed by atoms with Crippen molar-refractivity contribution < 1.29 is 9.53 Å². The second kappa shape index (κ2) is 6.58. The highest BCUT2D eigenvalue weighted by Crippen LogP contribution is 2.33. The van der Waals surface area contributed by atoms with Gasteiger partial charge in [-0.15, -0.1) is 6.58 Å². The van der Waals surface area contributed by atoms with Crippen LogP contribution in [0.4, 0.5) is 0 Å². The second-order valence-electron chi connectivity index (χ2n) is 2.64. The van der Waals surface area contributed by atoms with Crippen molar-refractivity contribution >= 4 is 27.6 Å². The fourth-order valence-electron chi connectivity index (χ4n) is 0.964. The fourth-order valence-corrected chi connectivity index (χ4v) is 2.94. The van der Waals surface area contributed by atoms with Gasteiger partial charge in [0.1, 0.15) is 0 Å². The molecular weight excluding hydrogens is 228 g/mol. The summed E-state index contributed by atoms with van der Waals surface area (Å²) in [6, 6.07) is 7.41. The molecule has 0 spiro atoms. The fraction of sp³-hybridized carbons (Fsp3) is 0.182. The predicted octanol–water partition coefficient (Wildman–Crippen LogP) is 3.40. The van der Waals surface area contributed by atoms with E-state index >= 15 is 0 Å². The Kier molecular flexibility index (Phi) is 5.36. The lowest BCUT2D eigenvalue weighted by atomic mass is 10.2. The molecule has 0 fully saturated rings. The Balaban J connectivity index is 2.76. The van der Waals surface area contributed by atoms with Crippen LogP contribution in [0.3, 0.4) is 0 Å². The van der Waals surface area contributed by atoms with Crippen molar-refractivity contribution in [2.24, 2.45) is 0 Å². The van der Waals surface area contributed by atoms with E-state index in [1.54, 1.807) is 27.7 Å². The minimum atomic E-state index is -0.294. The van der Waals surface area contributed by atoms with Crippen molar-refractivity contribution in [3.8, 4) is 0 Å². The molecule has 1 aromatic carbocycles. The number of carbonyl (C=O) groups excluding carboxylic acids is 1. The van der Waals surface area contributed by atoms with Crippen LogP contribution in [0.25, 0.3) is 0 Å². The van der Waals surface area contributed by atoms with Gasteiger partial charge in [-0.1, -0.05) is 39.8 Å². The van der Waals surface area contributed by atoms with Crippen LogP contribution in [-0.2, 0) is 4.74 Å². The molecule has 0 N–H and O–H groups in total. The van der Waals surface area contributed by atoms with Crippen molar-refractivity contribution in [1.29, 1.82) is 0 Å². The Bertz CT molecular complexity index is 350. The number of ether oxygens (including phenoxy) is 1. The van der Waals surface area contributed by atoms with Crippen molar-refractivity contribution in [2.45, 2.75) is 4.90 Å². The van der Waals surface area contributed by atoms with Gasteiger partial charge in [-0.2, -0.15) is 0 Å². The summed E-state index contributed by atoms with van der Waals surface area (Å²) in [6.07, 6.45) is 1.83. The van der Waals surface area contributed by atoms with E-state index in [2.05, 4.69) is 6.58 Å². The number of esters is 1. The van der Waals surface area contributed by atoms with Crippen molar-refractivity contribution in [3.63, 3.8) is 0 Å². The first-order valence-corrected chi connectivity index (χ1v) is 6.69. The average molecular weight is 240 g/mol.